The van der Waals surface area contributed by atoms with Crippen LogP contribution in [0.25, 0.3) is 10.9 Å². The smallest absolute Gasteiger partial charge is 0.244 e. The second kappa shape index (κ2) is 8.69. The Bertz CT molecular complexity index is 1200. The lowest BCUT2D eigenvalue weighted by Gasteiger charge is -2.05. The van der Waals surface area contributed by atoms with Crippen molar-refractivity contribution in [2.45, 2.75) is 13.0 Å². The van der Waals surface area contributed by atoms with E-state index < -0.39 is 0 Å². The molecule has 6 heteroatoms. The number of carbonyl (C=O) groups excluding carboxylic acids is 1. The zero-order valence-corrected chi connectivity index (χ0v) is 16.1. The largest absolute Gasteiger partial charge is 0.342 e. The van der Waals surface area contributed by atoms with Crippen LogP contribution >= 0.6 is 0 Å². The zero-order chi connectivity index (χ0) is 20.9. The summed E-state index contributed by atoms with van der Waals surface area (Å²) < 4.78 is 28.2. The summed E-state index contributed by atoms with van der Waals surface area (Å²) in [6.07, 6.45) is 3.67. The van der Waals surface area contributed by atoms with Crippen LogP contribution in [0, 0.1) is 11.6 Å². The van der Waals surface area contributed by atoms with E-state index in [4.69, 9.17) is 0 Å². The van der Waals surface area contributed by atoms with Crippen molar-refractivity contribution in [2.24, 2.45) is 5.10 Å². The third kappa shape index (κ3) is 4.60. The molecule has 1 amide bonds. The molecule has 0 aliphatic carbocycles. The first-order valence-corrected chi connectivity index (χ1v) is 9.47. The number of hydrogen-bond donors (Lipinski definition) is 1. The van der Waals surface area contributed by atoms with Gasteiger partial charge in [0.05, 0.1) is 12.6 Å². The van der Waals surface area contributed by atoms with Gasteiger partial charge in [0.1, 0.15) is 11.6 Å². The number of hydrogen-bond acceptors (Lipinski definition) is 2. The number of nitrogens with one attached hydrogen (secondary N) is 1. The summed E-state index contributed by atoms with van der Waals surface area (Å²) >= 11 is 0. The Labute approximate surface area is 172 Å². The van der Waals surface area contributed by atoms with E-state index in [0.717, 1.165) is 22.0 Å². The van der Waals surface area contributed by atoms with Crippen molar-refractivity contribution in [3.8, 4) is 0 Å². The molecule has 0 saturated heterocycles. The molecule has 1 N–H and O–H groups in total. The van der Waals surface area contributed by atoms with Gasteiger partial charge in [-0.2, -0.15) is 5.10 Å². The van der Waals surface area contributed by atoms with E-state index in [9.17, 15) is 13.6 Å². The fourth-order valence-electron chi connectivity index (χ4n) is 3.30. The third-order valence-electron chi connectivity index (χ3n) is 4.76. The molecule has 0 aliphatic rings. The summed E-state index contributed by atoms with van der Waals surface area (Å²) in [5, 5.41) is 5.07. The minimum atomic E-state index is -0.339. The molecule has 30 heavy (non-hydrogen) atoms. The SMILES string of the molecule is O=C(Cc1ccc(F)cc1)N/N=C/c1cn(Cc2ccc(F)cc2)c2ccccc12. The van der Waals surface area contributed by atoms with Crippen LogP contribution in [0.5, 0.6) is 0 Å². The minimum Gasteiger partial charge on any atom is -0.342 e. The summed E-state index contributed by atoms with van der Waals surface area (Å²) in [5.41, 5.74) is 6.07. The van der Waals surface area contributed by atoms with Gasteiger partial charge in [-0.15, -0.1) is 0 Å². The number of carbonyl (C=O) groups is 1. The maximum Gasteiger partial charge on any atom is 0.244 e. The standard InChI is InChI=1S/C24H19F2N3O/c25-20-9-5-17(6-10-20)13-24(30)28-27-14-19-16-29(23-4-2-1-3-22(19)23)15-18-7-11-21(26)12-8-18/h1-12,14,16H,13,15H2,(H,28,30)/b27-14+. The van der Waals surface area contributed by atoms with Crippen LogP contribution in [0.3, 0.4) is 0 Å². The number of amides is 1. The molecular weight excluding hydrogens is 384 g/mol. The van der Waals surface area contributed by atoms with Crippen molar-refractivity contribution < 1.29 is 13.6 Å². The zero-order valence-electron chi connectivity index (χ0n) is 16.1. The van der Waals surface area contributed by atoms with Gasteiger partial charge in [0.2, 0.25) is 5.91 Å². The topological polar surface area (TPSA) is 46.4 Å². The Morgan fingerprint density at radius 3 is 2.23 bits per heavy atom. The van der Waals surface area contributed by atoms with Crippen LogP contribution in [-0.4, -0.2) is 16.7 Å². The van der Waals surface area contributed by atoms with Crippen molar-refractivity contribution in [2.75, 3.05) is 0 Å². The van der Waals surface area contributed by atoms with Gasteiger partial charge in [-0.25, -0.2) is 14.2 Å². The Kier molecular flexibility index (Phi) is 5.66. The van der Waals surface area contributed by atoms with E-state index in [-0.39, 0.29) is 24.0 Å². The number of rotatable bonds is 6. The molecule has 150 valence electrons. The Morgan fingerprint density at radius 2 is 1.53 bits per heavy atom. The lowest BCUT2D eigenvalue weighted by atomic mass is 10.1. The molecule has 0 spiro atoms. The molecule has 0 fully saturated rings. The summed E-state index contributed by atoms with van der Waals surface area (Å²) in [6.45, 7) is 0.589. The van der Waals surface area contributed by atoms with Gasteiger partial charge < -0.3 is 4.57 Å². The molecule has 4 rings (SSSR count). The van der Waals surface area contributed by atoms with Crippen molar-refractivity contribution >= 4 is 23.0 Å². The van der Waals surface area contributed by atoms with Gasteiger partial charge in [0.15, 0.2) is 0 Å². The molecule has 0 radical (unpaired) electrons. The van der Waals surface area contributed by atoms with Gasteiger partial charge in [-0.3, -0.25) is 4.79 Å². The third-order valence-corrected chi connectivity index (χ3v) is 4.76. The van der Waals surface area contributed by atoms with Gasteiger partial charge >= 0.3 is 0 Å². The lowest BCUT2D eigenvalue weighted by molar-refractivity contribution is -0.120. The molecular formula is C24H19F2N3O. The second-order valence-corrected chi connectivity index (χ2v) is 6.95. The first-order chi connectivity index (χ1) is 14.6. The van der Waals surface area contributed by atoms with Crippen molar-refractivity contribution in [1.29, 1.82) is 0 Å². The Hall–Kier alpha value is -3.80. The van der Waals surface area contributed by atoms with E-state index >= 15 is 0 Å². The highest BCUT2D eigenvalue weighted by Gasteiger charge is 2.08. The van der Waals surface area contributed by atoms with Gasteiger partial charge in [-0.05, 0) is 41.5 Å². The minimum absolute atomic E-state index is 0.115. The molecule has 3 aromatic carbocycles. The number of benzene rings is 3. The average Bonchev–Trinajstić information content (AvgIpc) is 3.09. The van der Waals surface area contributed by atoms with Crippen LogP contribution < -0.4 is 5.43 Å². The van der Waals surface area contributed by atoms with Gasteiger partial charge in [-0.1, -0.05) is 42.5 Å². The fourth-order valence-corrected chi connectivity index (χ4v) is 3.30. The number of para-hydroxylation sites is 1. The number of halogens is 2. The van der Waals surface area contributed by atoms with Gasteiger partial charge in [0.25, 0.3) is 0 Å². The molecule has 1 aromatic heterocycles. The molecule has 0 unspecified atom stereocenters. The quantitative estimate of drug-likeness (QED) is 0.369. The molecule has 0 bridgehead atoms. The Balaban J connectivity index is 1.49. The molecule has 0 atom stereocenters. The molecule has 4 aromatic rings. The summed E-state index contributed by atoms with van der Waals surface area (Å²) in [6, 6.07) is 20.1. The van der Waals surface area contributed by atoms with E-state index in [2.05, 4.69) is 15.1 Å². The number of aromatic nitrogens is 1. The van der Waals surface area contributed by atoms with Gasteiger partial charge in [0, 0.05) is 29.2 Å². The highest BCUT2D eigenvalue weighted by Crippen LogP contribution is 2.21. The summed E-state index contributed by atoms with van der Waals surface area (Å²) in [7, 11) is 0. The number of hydrazone groups is 1. The van der Waals surface area contributed by atoms with E-state index in [0.29, 0.717) is 12.1 Å². The molecule has 0 aliphatic heterocycles. The average molecular weight is 403 g/mol. The monoisotopic (exact) mass is 403 g/mol. The molecule has 0 saturated carbocycles. The predicted octanol–water partition coefficient (Wildman–Crippen LogP) is 4.66. The lowest BCUT2D eigenvalue weighted by Crippen LogP contribution is -2.19. The van der Waals surface area contributed by atoms with Crippen LogP contribution in [0.4, 0.5) is 8.78 Å². The normalized spacial score (nSPS) is 11.3. The highest BCUT2D eigenvalue weighted by atomic mass is 19.1. The highest BCUT2D eigenvalue weighted by molar-refractivity contribution is 5.99. The van der Waals surface area contributed by atoms with E-state index in [1.54, 1.807) is 30.5 Å². The maximum atomic E-state index is 13.2. The first-order valence-electron chi connectivity index (χ1n) is 9.47. The van der Waals surface area contributed by atoms with E-state index in [1.165, 1.54) is 24.3 Å². The van der Waals surface area contributed by atoms with Crippen molar-refractivity contribution in [3.63, 3.8) is 0 Å². The summed E-state index contributed by atoms with van der Waals surface area (Å²) in [4.78, 5) is 12.1. The predicted molar refractivity (Wildman–Crippen MR) is 113 cm³/mol. The van der Waals surface area contributed by atoms with Crippen molar-refractivity contribution in [1.82, 2.24) is 9.99 Å². The Morgan fingerprint density at radius 1 is 0.900 bits per heavy atom. The first kappa shape index (κ1) is 19.5. The number of nitrogens with zero attached hydrogens (tertiary/aromatic N) is 2. The van der Waals surface area contributed by atoms with Crippen LogP contribution in [0.1, 0.15) is 16.7 Å². The van der Waals surface area contributed by atoms with Crippen molar-refractivity contribution in [3.05, 3.63) is 107 Å². The maximum absolute atomic E-state index is 13.2. The fraction of sp³-hybridized carbons (Fsp3) is 0.0833. The second-order valence-electron chi connectivity index (χ2n) is 6.95. The molecule has 4 nitrogen and oxygen atoms in total. The van der Waals surface area contributed by atoms with Crippen LogP contribution in [-0.2, 0) is 17.8 Å². The van der Waals surface area contributed by atoms with E-state index in [1.807, 2.05) is 30.5 Å². The number of fused-ring (bicyclic) bond motifs is 1. The molecule has 1 heterocycles. The summed E-state index contributed by atoms with van der Waals surface area (Å²) in [5.74, 6) is -0.887. The van der Waals surface area contributed by atoms with Crippen LogP contribution in [0.2, 0.25) is 0 Å². The van der Waals surface area contributed by atoms with Crippen LogP contribution in [0.15, 0.2) is 84.1 Å².